The van der Waals surface area contributed by atoms with Crippen LogP contribution in [0.3, 0.4) is 0 Å². The molecular weight excluding hydrogens is 453 g/mol. The molecule has 1 amide bonds. The van der Waals surface area contributed by atoms with E-state index < -0.39 is 0 Å². The normalized spacial score (nSPS) is 10.9. The third kappa shape index (κ3) is 5.47. The maximum Gasteiger partial charge on any atom is 0.277 e. The minimum atomic E-state index is -0.253. The van der Waals surface area contributed by atoms with Crippen LogP contribution in [0.1, 0.15) is 22.9 Å². The standard InChI is InChI=1S/C23H17Cl2N3O2S/c24-17-11-12-18(25)19(13-17)26-20(29)14-31-23-28-27-22(30-23)21(15-7-3-1-4-8-15)16-9-5-2-6-10-16/h1-13,21H,14H2,(H,26,29). The molecule has 0 aliphatic heterocycles. The SMILES string of the molecule is O=C(CSc1nnc(C(c2ccccc2)c2ccccc2)o1)Nc1cc(Cl)ccc1Cl. The number of benzene rings is 3. The summed E-state index contributed by atoms with van der Waals surface area (Å²) >= 11 is 13.2. The van der Waals surface area contributed by atoms with E-state index in [0.717, 1.165) is 22.9 Å². The van der Waals surface area contributed by atoms with Gasteiger partial charge in [0.25, 0.3) is 5.22 Å². The third-order valence-corrected chi connectivity index (χ3v) is 5.85. The van der Waals surface area contributed by atoms with Gasteiger partial charge in [-0.3, -0.25) is 4.79 Å². The van der Waals surface area contributed by atoms with Gasteiger partial charge in [-0.05, 0) is 29.3 Å². The van der Waals surface area contributed by atoms with Crippen molar-refractivity contribution in [2.45, 2.75) is 11.1 Å². The van der Waals surface area contributed by atoms with E-state index in [2.05, 4.69) is 15.5 Å². The van der Waals surface area contributed by atoms with E-state index in [1.807, 2.05) is 60.7 Å². The van der Waals surface area contributed by atoms with Crippen LogP contribution in [-0.4, -0.2) is 21.9 Å². The molecule has 0 bridgehead atoms. The predicted octanol–water partition coefficient (Wildman–Crippen LogP) is 6.29. The number of amides is 1. The van der Waals surface area contributed by atoms with E-state index in [0.29, 0.717) is 26.8 Å². The van der Waals surface area contributed by atoms with Crippen LogP contribution in [0.5, 0.6) is 0 Å². The van der Waals surface area contributed by atoms with E-state index in [9.17, 15) is 4.79 Å². The van der Waals surface area contributed by atoms with Crippen LogP contribution in [0.15, 0.2) is 88.5 Å². The Balaban J connectivity index is 1.47. The van der Waals surface area contributed by atoms with Crippen molar-refractivity contribution in [2.24, 2.45) is 0 Å². The van der Waals surface area contributed by atoms with Crippen molar-refractivity contribution in [3.05, 3.63) is 106 Å². The van der Waals surface area contributed by atoms with Gasteiger partial charge in [0.15, 0.2) is 0 Å². The van der Waals surface area contributed by atoms with Gasteiger partial charge in [0.2, 0.25) is 11.8 Å². The zero-order valence-corrected chi connectivity index (χ0v) is 18.5. The summed E-state index contributed by atoms with van der Waals surface area (Å²) in [5, 5.41) is 12.3. The highest BCUT2D eigenvalue weighted by atomic mass is 35.5. The molecule has 31 heavy (non-hydrogen) atoms. The summed E-state index contributed by atoms with van der Waals surface area (Å²) in [5.74, 6) is 0.115. The number of aromatic nitrogens is 2. The summed E-state index contributed by atoms with van der Waals surface area (Å²) in [6.07, 6.45) is 0. The van der Waals surface area contributed by atoms with Crippen molar-refractivity contribution in [2.75, 3.05) is 11.1 Å². The number of hydrogen-bond donors (Lipinski definition) is 1. The fourth-order valence-electron chi connectivity index (χ4n) is 3.07. The molecule has 8 heteroatoms. The van der Waals surface area contributed by atoms with Crippen LogP contribution in [0.4, 0.5) is 5.69 Å². The minimum absolute atomic E-state index is 0.0891. The Bertz CT molecular complexity index is 1130. The molecule has 4 rings (SSSR count). The van der Waals surface area contributed by atoms with Crippen LogP contribution in [0, 0.1) is 0 Å². The summed E-state index contributed by atoms with van der Waals surface area (Å²) in [6.45, 7) is 0. The van der Waals surface area contributed by atoms with Gasteiger partial charge in [-0.15, -0.1) is 10.2 Å². The molecule has 0 unspecified atom stereocenters. The maximum atomic E-state index is 12.3. The molecule has 4 aromatic rings. The average molecular weight is 470 g/mol. The third-order valence-electron chi connectivity index (χ3n) is 4.46. The lowest BCUT2D eigenvalue weighted by Crippen LogP contribution is -2.14. The predicted molar refractivity (Wildman–Crippen MR) is 124 cm³/mol. The smallest absolute Gasteiger partial charge is 0.277 e. The van der Waals surface area contributed by atoms with Gasteiger partial charge in [-0.25, -0.2) is 0 Å². The second kappa shape index (κ2) is 10.0. The number of anilines is 1. The molecule has 3 aromatic carbocycles. The van der Waals surface area contributed by atoms with Crippen LogP contribution in [0.2, 0.25) is 10.0 Å². The number of carbonyl (C=O) groups is 1. The molecule has 0 spiro atoms. The topological polar surface area (TPSA) is 68.0 Å². The second-order valence-electron chi connectivity index (χ2n) is 6.62. The van der Waals surface area contributed by atoms with Crippen molar-refractivity contribution >= 4 is 46.6 Å². The first-order valence-electron chi connectivity index (χ1n) is 9.41. The molecule has 0 aliphatic carbocycles. The van der Waals surface area contributed by atoms with Gasteiger partial charge in [-0.1, -0.05) is 95.6 Å². The molecule has 0 fully saturated rings. The van der Waals surface area contributed by atoms with E-state index in [1.165, 1.54) is 0 Å². The van der Waals surface area contributed by atoms with Crippen LogP contribution in [0.25, 0.3) is 0 Å². The number of rotatable bonds is 7. The zero-order valence-electron chi connectivity index (χ0n) is 16.2. The molecule has 0 saturated heterocycles. The molecule has 1 heterocycles. The second-order valence-corrected chi connectivity index (χ2v) is 8.39. The lowest BCUT2D eigenvalue weighted by molar-refractivity contribution is -0.113. The Morgan fingerprint density at radius 3 is 2.23 bits per heavy atom. The highest BCUT2D eigenvalue weighted by Gasteiger charge is 2.23. The van der Waals surface area contributed by atoms with Crippen molar-refractivity contribution < 1.29 is 9.21 Å². The molecule has 0 radical (unpaired) electrons. The lowest BCUT2D eigenvalue weighted by atomic mass is 9.91. The first kappa shape index (κ1) is 21.4. The van der Waals surface area contributed by atoms with Gasteiger partial charge >= 0.3 is 0 Å². The fourth-order valence-corrected chi connectivity index (χ4v) is 3.98. The highest BCUT2D eigenvalue weighted by molar-refractivity contribution is 7.99. The largest absolute Gasteiger partial charge is 0.415 e. The van der Waals surface area contributed by atoms with Gasteiger partial charge in [0.1, 0.15) is 0 Å². The highest BCUT2D eigenvalue weighted by Crippen LogP contribution is 2.32. The van der Waals surface area contributed by atoms with Gasteiger partial charge in [0, 0.05) is 5.02 Å². The number of nitrogens with one attached hydrogen (secondary N) is 1. The number of thioether (sulfide) groups is 1. The first-order valence-corrected chi connectivity index (χ1v) is 11.2. The summed E-state index contributed by atoms with van der Waals surface area (Å²) in [5.41, 5.74) is 2.55. The van der Waals surface area contributed by atoms with Crippen LogP contribution in [-0.2, 0) is 4.79 Å². The Hall–Kier alpha value is -2.80. The van der Waals surface area contributed by atoms with Gasteiger partial charge in [0.05, 0.1) is 22.4 Å². The number of carbonyl (C=O) groups excluding carboxylic acids is 1. The molecule has 0 atom stereocenters. The molecule has 0 aliphatic rings. The summed E-state index contributed by atoms with van der Waals surface area (Å²) in [6, 6.07) is 24.8. The Labute approximate surface area is 193 Å². The lowest BCUT2D eigenvalue weighted by Gasteiger charge is -2.13. The molecule has 5 nitrogen and oxygen atoms in total. The number of halogens is 2. The zero-order chi connectivity index (χ0) is 21.6. The summed E-state index contributed by atoms with van der Waals surface area (Å²) in [4.78, 5) is 12.3. The molecule has 0 saturated carbocycles. The van der Waals surface area contributed by atoms with Crippen LogP contribution >= 0.6 is 35.0 Å². The Morgan fingerprint density at radius 2 is 1.58 bits per heavy atom. The van der Waals surface area contributed by atoms with Crippen molar-refractivity contribution in [3.63, 3.8) is 0 Å². The molecule has 156 valence electrons. The minimum Gasteiger partial charge on any atom is -0.415 e. The van der Waals surface area contributed by atoms with Crippen molar-refractivity contribution in [1.29, 1.82) is 0 Å². The van der Waals surface area contributed by atoms with E-state index in [-0.39, 0.29) is 17.6 Å². The number of hydrogen-bond acceptors (Lipinski definition) is 5. The summed E-state index contributed by atoms with van der Waals surface area (Å²) < 4.78 is 5.91. The average Bonchev–Trinajstić information content (AvgIpc) is 3.25. The van der Waals surface area contributed by atoms with Crippen molar-refractivity contribution in [1.82, 2.24) is 10.2 Å². The first-order chi connectivity index (χ1) is 15.1. The summed E-state index contributed by atoms with van der Waals surface area (Å²) in [7, 11) is 0. The van der Waals surface area contributed by atoms with Gasteiger partial charge in [-0.2, -0.15) is 0 Å². The maximum absolute atomic E-state index is 12.3. The fraction of sp³-hybridized carbons (Fsp3) is 0.0870. The Morgan fingerprint density at radius 1 is 0.935 bits per heavy atom. The molecule has 1 N–H and O–H groups in total. The Kier molecular flexibility index (Phi) is 6.92. The monoisotopic (exact) mass is 469 g/mol. The van der Waals surface area contributed by atoms with E-state index in [4.69, 9.17) is 27.6 Å². The quantitative estimate of drug-likeness (QED) is 0.322. The molecular formula is C23H17Cl2N3O2S. The van der Waals surface area contributed by atoms with E-state index in [1.54, 1.807) is 18.2 Å². The van der Waals surface area contributed by atoms with E-state index >= 15 is 0 Å². The van der Waals surface area contributed by atoms with Crippen molar-refractivity contribution in [3.8, 4) is 0 Å². The number of nitrogens with zero attached hydrogens (tertiary/aromatic N) is 2. The van der Waals surface area contributed by atoms with Crippen LogP contribution < -0.4 is 5.32 Å². The van der Waals surface area contributed by atoms with Gasteiger partial charge < -0.3 is 9.73 Å². The molecule has 1 aromatic heterocycles.